The fourth-order valence-electron chi connectivity index (χ4n) is 1.88. The van der Waals surface area contributed by atoms with Crippen molar-refractivity contribution in [2.75, 3.05) is 26.1 Å². The van der Waals surface area contributed by atoms with Crippen LogP contribution in [0, 0.1) is 0 Å². The van der Waals surface area contributed by atoms with Crippen LogP contribution in [0.15, 0.2) is 12.1 Å². The van der Waals surface area contributed by atoms with E-state index in [0.29, 0.717) is 0 Å². The molecule has 0 bridgehead atoms. The number of hydrogen-bond acceptors (Lipinski definition) is 4. The number of aliphatic hydroxyl groups excluding tert-OH is 1. The molecule has 4 nitrogen and oxygen atoms in total. The van der Waals surface area contributed by atoms with E-state index < -0.39 is 0 Å². The number of benzene rings is 1. The molecule has 1 unspecified atom stereocenters. The Kier molecular flexibility index (Phi) is 2.68. The molecule has 2 N–H and O–H groups in total. The average Bonchev–Trinajstić information content (AvgIpc) is 2.70. The Balaban J connectivity index is 2.39. The summed E-state index contributed by atoms with van der Waals surface area (Å²) in [5.74, 6) is 1.55. The van der Waals surface area contributed by atoms with Crippen LogP contribution in [0.3, 0.4) is 0 Å². The van der Waals surface area contributed by atoms with Crippen LogP contribution >= 0.6 is 0 Å². The SMILES string of the molecule is COc1cc2c(c(OC)c1)NC(CO)C2. The van der Waals surface area contributed by atoms with Gasteiger partial charge < -0.3 is 19.9 Å². The third-order valence-electron chi connectivity index (χ3n) is 2.65. The predicted octanol–water partition coefficient (Wildman–Crippen LogP) is 1.03. The molecule has 1 aliphatic rings. The van der Waals surface area contributed by atoms with Crippen LogP contribution in [0.2, 0.25) is 0 Å². The smallest absolute Gasteiger partial charge is 0.145 e. The first-order chi connectivity index (χ1) is 7.28. The molecule has 0 saturated carbocycles. The van der Waals surface area contributed by atoms with Crippen molar-refractivity contribution >= 4 is 5.69 Å². The second-order valence-corrected chi connectivity index (χ2v) is 3.59. The number of aliphatic hydroxyl groups is 1. The molecule has 82 valence electrons. The highest BCUT2D eigenvalue weighted by Gasteiger charge is 2.23. The lowest BCUT2D eigenvalue weighted by molar-refractivity contribution is 0.277. The third kappa shape index (κ3) is 1.72. The van der Waals surface area contributed by atoms with Crippen molar-refractivity contribution in [2.45, 2.75) is 12.5 Å². The van der Waals surface area contributed by atoms with E-state index >= 15 is 0 Å². The maximum absolute atomic E-state index is 9.09. The van der Waals surface area contributed by atoms with Crippen LogP contribution in [0.25, 0.3) is 0 Å². The third-order valence-corrected chi connectivity index (χ3v) is 2.65. The summed E-state index contributed by atoms with van der Waals surface area (Å²) in [5.41, 5.74) is 2.10. The van der Waals surface area contributed by atoms with Gasteiger partial charge >= 0.3 is 0 Å². The Morgan fingerprint density at radius 1 is 1.40 bits per heavy atom. The van der Waals surface area contributed by atoms with Crippen molar-refractivity contribution in [3.05, 3.63) is 17.7 Å². The van der Waals surface area contributed by atoms with Crippen molar-refractivity contribution in [3.63, 3.8) is 0 Å². The molecule has 0 saturated heterocycles. The van der Waals surface area contributed by atoms with Crippen molar-refractivity contribution in [1.29, 1.82) is 0 Å². The molecular weight excluding hydrogens is 194 g/mol. The monoisotopic (exact) mass is 209 g/mol. The van der Waals surface area contributed by atoms with Crippen molar-refractivity contribution in [2.24, 2.45) is 0 Å². The van der Waals surface area contributed by atoms with E-state index in [1.807, 2.05) is 12.1 Å². The molecule has 0 spiro atoms. The van der Waals surface area contributed by atoms with Gasteiger partial charge in [-0.1, -0.05) is 0 Å². The Morgan fingerprint density at radius 3 is 2.80 bits per heavy atom. The number of ether oxygens (including phenoxy) is 2. The summed E-state index contributed by atoms with van der Waals surface area (Å²) in [4.78, 5) is 0. The van der Waals surface area contributed by atoms with E-state index in [0.717, 1.165) is 29.2 Å². The van der Waals surface area contributed by atoms with Gasteiger partial charge in [0.2, 0.25) is 0 Å². The lowest BCUT2D eigenvalue weighted by Crippen LogP contribution is -2.19. The van der Waals surface area contributed by atoms with E-state index in [1.165, 1.54) is 0 Å². The summed E-state index contributed by atoms with van der Waals surface area (Å²) < 4.78 is 10.4. The normalized spacial score (nSPS) is 18.2. The van der Waals surface area contributed by atoms with Gasteiger partial charge in [0.15, 0.2) is 0 Å². The largest absolute Gasteiger partial charge is 0.497 e. The molecule has 1 aromatic carbocycles. The van der Waals surface area contributed by atoms with Crippen LogP contribution in [-0.2, 0) is 6.42 Å². The van der Waals surface area contributed by atoms with Gasteiger partial charge in [-0.3, -0.25) is 0 Å². The van der Waals surface area contributed by atoms with E-state index in [9.17, 15) is 0 Å². The molecule has 0 fully saturated rings. The van der Waals surface area contributed by atoms with Gasteiger partial charge in [0.1, 0.15) is 11.5 Å². The van der Waals surface area contributed by atoms with Gasteiger partial charge in [-0.15, -0.1) is 0 Å². The summed E-state index contributed by atoms with van der Waals surface area (Å²) in [7, 11) is 3.26. The molecule has 1 aliphatic heterocycles. The number of methoxy groups -OCH3 is 2. The van der Waals surface area contributed by atoms with Crippen LogP contribution in [0.1, 0.15) is 5.56 Å². The standard InChI is InChI=1S/C11H15NO3/c1-14-9-4-7-3-8(6-13)12-11(7)10(5-9)15-2/h4-5,8,12-13H,3,6H2,1-2H3. The van der Waals surface area contributed by atoms with Gasteiger partial charge in [-0.2, -0.15) is 0 Å². The van der Waals surface area contributed by atoms with Gasteiger partial charge in [-0.05, 0) is 18.1 Å². The first kappa shape index (κ1) is 10.1. The first-order valence-electron chi connectivity index (χ1n) is 4.90. The zero-order valence-electron chi connectivity index (χ0n) is 8.91. The number of nitrogens with one attached hydrogen (secondary N) is 1. The van der Waals surface area contributed by atoms with Gasteiger partial charge in [0.05, 0.1) is 32.6 Å². The van der Waals surface area contributed by atoms with Gasteiger partial charge in [-0.25, -0.2) is 0 Å². The minimum atomic E-state index is 0.0843. The fourth-order valence-corrected chi connectivity index (χ4v) is 1.88. The molecule has 0 amide bonds. The molecule has 15 heavy (non-hydrogen) atoms. The number of rotatable bonds is 3. The number of fused-ring (bicyclic) bond motifs is 1. The maximum atomic E-state index is 9.09. The van der Waals surface area contributed by atoms with Crippen molar-refractivity contribution < 1.29 is 14.6 Å². The predicted molar refractivity (Wildman–Crippen MR) is 57.7 cm³/mol. The molecule has 1 aromatic rings. The molecule has 2 rings (SSSR count). The minimum absolute atomic E-state index is 0.0843. The zero-order chi connectivity index (χ0) is 10.8. The van der Waals surface area contributed by atoms with Crippen LogP contribution in [0.5, 0.6) is 11.5 Å². The van der Waals surface area contributed by atoms with Crippen molar-refractivity contribution in [1.82, 2.24) is 0 Å². The summed E-state index contributed by atoms with van der Waals surface area (Å²) in [6.45, 7) is 0.125. The first-order valence-corrected chi connectivity index (χ1v) is 4.90. The van der Waals surface area contributed by atoms with E-state index in [4.69, 9.17) is 14.6 Å². The second kappa shape index (κ2) is 3.98. The quantitative estimate of drug-likeness (QED) is 0.780. The Bertz CT molecular complexity index is 365. The Morgan fingerprint density at radius 2 is 2.20 bits per heavy atom. The van der Waals surface area contributed by atoms with Crippen LogP contribution in [0.4, 0.5) is 5.69 Å². The average molecular weight is 209 g/mol. The van der Waals surface area contributed by atoms with E-state index in [-0.39, 0.29) is 12.6 Å². The summed E-state index contributed by atoms with van der Waals surface area (Å²) in [6, 6.07) is 3.90. The molecular formula is C11H15NO3. The zero-order valence-corrected chi connectivity index (χ0v) is 8.91. The summed E-state index contributed by atoms with van der Waals surface area (Å²) in [5, 5.41) is 12.3. The topological polar surface area (TPSA) is 50.7 Å². The Hall–Kier alpha value is -1.42. The van der Waals surface area contributed by atoms with Gasteiger partial charge in [0.25, 0.3) is 0 Å². The van der Waals surface area contributed by atoms with Crippen LogP contribution in [-0.4, -0.2) is 32.0 Å². The second-order valence-electron chi connectivity index (χ2n) is 3.59. The highest BCUT2D eigenvalue weighted by Crippen LogP contribution is 2.38. The molecule has 0 aliphatic carbocycles. The molecule has 4 heteroatoms. The van der Waals surface area contributed by atoms with Crippen molar-refractivity contribution in [3.8, 4) is 11.5 Å². The minimum Gasteiger partial charge on any atom is -0.497 e. The number of anilines is 1. The van der Waals surface area contributed by atoms with Crippen LogP contribution < -0.4 is 14.8 Å². The van der Waals surface area contributed by atoms with Gasteiger partial charge in [0, 0.05) is 6.07 Å². The Labute approximate surface area is 88.8 Å². The summed E-state index contributed by atoms with van der Waals surface area (Å²) in [6.07, 6.45) is 0.805. The highest BCUT2D eigenvalue weighted by molar-refractivity contribution is 5.68. The lowest BCUT2D eigenvalue weighted by atomic mass is 10.1. The summed E-state index contributed by atoms with van der Waals surface area (Å²) >= 11 is 0. The van der Waals surface area contributed by atoms with E-state index in [2.05, 4.69) is 5.32 Å². The highest BCUT2D eigenvalue weighted by atomic mass is 16.5. The molecule has 0 aromatic heterocycles. The molecule has 1 atom stereocenters. The maximum Gasteiger partial charge on any atom is 0.145 e. The lowest BCUT2D eigenvalue weighted by Gasteiger charge is -2.10. The van der Waals surface area contributed by atoms with E-state index in [1.54, 1.807) is 14.2 Å². The fraction of sp³-hybridized carbons (Fsp3) is 0.455. The number of hydrogen-bond donors (Lipinski definition) is 2. The molecule has 0 radical (unpaired) electrons. The molecule has 1 heterocycles.